The van der Waals surface area contributed by atoms with Gasteiger partial charge in [0.2, 0.25) is 0 Å². The number of nitrogens with zero attached hydrogens (tertiary/aromatic N) is 1. The molecule has 5 nitrogen and oxygen atoms in total. The van der Waals surface area contributed by atoms with Gasteiger partial charge in [0.25, 0.3) is 11.7 Å². The first-order valence-electron chi connectivity index (χ1n) is 10.5. The van der Waals surface area contributed by atoms with Gasteiger partial charge in [-0.3, -0.25) is 9.59 Å². The van der Waals surface area contributed by atoms with E-state index in [4.69, 9.17) is 4.74 Å². The number of ether oxygens (including phenoxy) is 1. The van der Waals surface area contributed by atoms with Crippen LogP contribution in [0, 0.1) is 6.92 Å². The topological polar surface area (TPSA) is 66.8 Å². The van der Waals surface area contributed by atoms with Crippen molar-refractivity contribution >= 4 is 17.4 Å². The Morgan fingerprint density at radius 2 is 1.59 bits per heavy atom. The van der Waals surface area contributed by atoms with E-state index in [2.05, 4.69) is 0 Å². The number of benzene rings is 3. The zero-order valence-corrected chi connectivity index (χ0v) is 18.1. The van der Waals surface area contributed by atoms with Gasteiger partial charge in [0.1, 0.15) is 11.5 Å². The molecule has 1 amide bonds. The Labute approximate surface area is 187 Å². The van der Waals surface area contributed by atoms with Crippen LogP contribution in [0.25, 0.3) is 5.76 Å². The van der Waals surface area contributed by atoms with Crippen molar-refractivity contribution in [2.24, 2.45) is 0 Å². The molecule has 0 spiro atoms. The van der Waals surface area contributed by atoms with Crippen molar-refractivity contribution in [3.8, 4) is 5.75 Å². The van der Waals surface area contributed by atoms with Crippen LogP contribution in [-0.4, -0.2) is 35.4 Å². The minimum Gasteiger partial charge on any atom is -0.507 e. The SMILES string of the molecule is COc1ccc(C(O)=C2C(=O)C(=O)N(CCc3ccccc3)[C@@H]2c2ccc(C)cc2)cc1. The van der Waals surface area contributed by atoms with Gasteiger partial charge < -0.3 is 14.7 Å². The van der Waals surface area contributed by atoms with Gasteiger partial charge in [-0.25, -0.2) is 0 Å². The first-order chi connectivity index (χ1) is 15.5. The third-order valence-corrected chi connectivity index (χ3v) is 5.78. The zero-order chi connectivity index (χ0) is 22.7. The third kappa shape index (κ3) is 4.14. The molecular weight excluding hydrogens is 402 g/mol. The van der Waals surface area contributed by atoms with Gasteiger partial charge in [0.05, 0.1) is 18.7 Å². The van der Waals surface area contributed by atoms with E-state index in [1.165, 1.54) is 0 Å². The van der Waals surface area contributed by atoms with Crippen LogP contribution in [0.3, 0.4) is 0 Å². The average Bonchev–Trinajstić information content (AvgIpc) is 3.08. The molecule has 1 aliphatic heterocycles. The molecular formula is C27H25NO4. The number of aryl methyl sites for hydroxylation is 1. The number of aliphatic hydroxyl groups is 1. The number of rotatable bonds is 6. The maximum atomic E-state index is 13.1. The van der Waals surface area contributed by atoms with Gasteiger partial charge in [-0.05, 0) is 48.7 Å². The van der Waals surface area contributed by atoms with Gasteiger partial charge in [-0.1, -0.05) is 60.2 Å². The highest BCUT2D eigenvalue weighted by molar-refractivity contribution is 6.46. The van der Waals surface area contributed by atoms with E-state index < -0.39 is 17.7 Å². The van der Waals surface area contributed by atoms with Gasteiger partial charge in [-0.2, -0.15) is 0 Å². The average molecular weight is 428 g/mol. The molecule has 5 heteroatoms. The molecule has 0 saturated carbocycles. The second kappa shape index (κ2) is 9.10. The summed E-state index contributed by atoms with van der Waals surface area (Å²) in [5.74, 6) is -0.808. The summed E-state index contributed by atoms with van der Waals surface area (Å²) in [6, 6.07) is 23.7. The maximum Gasteiger partial charge on any atom is 0.295 e. The van der Waals surface area contributed by atoms with Gasteiger partial charge in [0.15, 0.2) is 0 Å². The van der Waals surface area contributed by atoms with E-state index >= 15 is 0 Å². The lowest BCUT2D eigenvalue weighted by molar-refractivity contribution is -0.139. The van der Waals surface area contributed by atoms with Crippen LogP contribution >= 0.6 is 0 Å². The molecule has 1 aliphatic rings. The van der Waals surface area contributed by atoms with E-state index in [1.807, 2.05) is 61.5 Å². The monoisotopic (exact) mass is 427 g/mol. The summed E-state index contributed by atoms with van der Waals surface area (Å²) in [7, 11) is 1.56. The van der Waals surface area contributed by atoms with E-state index in [1.54, 1.807) is 36.3 Å². The van der Waals surface area contributed by atoms with Crippen LogP contribution in [-0.2, 0) is 16.0 Å². The molecule has 0 unspecified atom stereocenters. The van der Waals surface area contributed by atoms with Crippen LogP contribution in [0.15, 0.2) is 84.4 Å². The molecule has 1 saturated heterocycles. The van der Waals surface area contributed by atoms with Crippen molar-refractivity contribution in [3.63, 3.8) is 0 Å². The van der Waals surface area contributed by atoms with Crippen LogP contribution < -0.4 is 4.74 Å². The normalized spacial score (nSPS) is 17.6. The van der Waals surface area contributed by atoms with Crippen LogP contribution in [0.1, 0.15) is 28.3 Å². The highest BCUT2D eigenvalue weighted by atomic mass is 16.5. The number of methoxy groups -OCH3 is 1. The highest BCUT2D eigenvalue weighted by Gasteiger charge is 2.45. The predicted octanol–water partition coefficient (Wildman–Crippen LogP) is 4.67. The van der Waals surface area contributed by atoms with Crippen molar-refractivity contribution in [3.05, 3.63) is 107 Å². The first kappa shape index (κ1) is 21.4. The second-order valence-electron chi connectivity index (χ2n) is 7.87. The number of Topliss-reactive ketones (excluding diaryl/α,β-unsaturated/α-hetero) is 1. The summed E-state index contributed by atoms with van der Waals surface area (Å²) in [4.78, 5) is 27.7. The molecule has 0 aliphatic carbocycles. The Morgan fingerprint density at radius 1 is 0.938 bits per heavy atom. The minimum atomic E-state index is -0.669. The number of amides is 1. The lowest BCUT2D eigenvalue weighted by Gasteiger charge is -2.25. The number of ketones is 1. The summed E-state index contributed by atoms with van der Waals surface area (Å²) in [6.07, 6.45) is 0.610. The van der Waals surface area contributed by atoms with Gasteiger partial charge in [0, 0.05) is 12.1 Å². The molecule has 1 heterocycles. The molecule has 3 aromatic rings. The van der Waals surface area contributed by atoms with Crippen molar-refractivity contribution < 1.29 is 19.4 Å². The quantitative estimate of drug-likeness (QED) is 0.353. The smallest absolute Gasteiger partial charge is 0.295 e. The molecule has 3 aromatic carbocycles. The number of hydrogen-bond donors (Lipinski definition) is 1. The molecule has 0 radical (unpaired) electrons. The van der Waals surface area contributed by atoms with Crippen molar-refractivity contribution in [1.29, 1.82) is 0 Å². The molecule has 4 rings (SSSR count). The predicted molar refractivity (Wildman–Crippen MR) is 123 cm³/mol. The fourth-order valence-corrected chi connectivity index (χ4v) is 4.00. The van der Waals surface area contributed by atoms with Crippen molar-refractivity contribution in [2.45, 2.75) is 19.4 Å². The molecule has 162 valence electrons. The van der Waals surface area contributed by atoms with E-state index in [0.29, 0.717) is 24.3 Å². The van der Waals surface area contributed by atoms with E-state index in [9.17, 15) is 14.7 Å². The number of carbonyl (C=O) groups is 2. The fraction of sp³-hybridized carbons (Fsp3) is 0.185. The summed E-state index contributed by atoms with van der Waals surface area (Å²) in [6.45, 7) is 2.35. The number of aliphatic hydroxyl groups excluding tert-OH is 1. The molecule has 32 heavy (non-hydrogen) atoms. The minimum absolute atomic E-state index is 0.108. The zero-order valence-electron chi connectivity index (χ0n) is 18.1. The second-order valence-corrected chi connectivity index (χ2v) is 7.87. The molecule has 1 atom stereocenters. The lowest BCUT2D eigenvalue weighted by Crippen LogP contribution is -2.31. The van der Waals surface area contributed by atoms with Gasteiger partial charge in [-0.15, -0.1) is 0 Å². The van der Waals surface area contributed by atoms with E-state index in [-0.39, 0.29) is 11.3 Å². The number of likely N-dealkylation sites (tertiary alicyclic amines) is 1. The number of carbonyl (C=O) groups excluding carboxylic acids is 2. The molecule has 1 fully saturated rings. The van der Waals surface area contributed by atoms with Crippen molar-refractivity contribution in [2.75, 3.05) is 13.7 Å². The molecule has 0 bridgehead atoms. The Bertz CT molecular complexity index is 1150. The van der Waals surface area contributed by atoms with Crippen LogP contribution in [0.4, 0.5) is 0 Å². The maximum absolute atomic E-state index is 13.1. The van der Waals surface area contributed by atoms with Crippen LogP contribution in [0.5, 0.6) is 5.75 Å². The Morgan fingerprint density at radius 3 is 2.22 bits per heavy atom. The fourth-order valence-electron chi connectivity index (χ4n) is 4.00. The third-order valence-electron chi connectivity index (χ3n) is 5.78. The Hall–Kier alpha value is -3.86. The largest absolute Gasteiger partial charge is 0.507 e. The van der Waals surface area contributed by atoms with Crippen LogP contribution in [0.2, 0.25) is 0 Å². The summed E-state index contributed by atoms with van der Waals surface area (Å²) in [5.41, 5.74) is 3.51. The van der Waals surface area contributed by atoms with E-state index in [0.717, 1.165) is 16.7 Å². The molecule has 0 aromatic heterocycles. The summed E-state index contributed by atoms with van der Waals surface area (Å²) in [5, 5.41) is 11.1. The standard InChI is InChI=1S/C27H25NO4/c1-18-8-10-20(11-9-18)24-23(25(29)21-12-14-22(32-2)15-13-21)26(30)27(31)28(24)17-16-19-6-4-3-5-7-19/h3-15,24,29H,16-17H2,1-2H3/t24-/m1/s1. The van der Waals surface area contributed by atoms with Gasteiger partial charge >= 0.3 is 0 Å². The first-order valence-corrected chi connectivity index (χ1v) is 10.5. The number of hydrogen-bond acceptors (Lipinski definition) is 4. The molecule has 1 N–H and O–H groups in total. The summed E-state index contributed by atoms with van der Waals surface area (Å²) < 4.78 is 5.18. The lowest BCUT2D eigenvalue weighted by atomic mass is 9.94. The Kier molecular flexibility index (Phi) is 6.08. The van der Waals surface area contributed by atoms with Crippen molar-refractivity contribution in [1.82, 2.24) is 4.90 Å². The summed E-state index contributed by atoms with van der Waals surface area (Å²) >= 11 is 0. The Balaban J connectivity index is 1.77. The highest BCUT2D eigenvalue weighted by Crippen LogP contribution is 2.39.